The van der Waals surface area contributed by atoms with Crippen molar-refractivity contribution >= 4 is 49.4 Å². The van der Waals surface area contributed by atoms with Crippen LogP contribution in [0.4, 0.5) is 17.1 Å². The molecule has 9 aromatic rings. The first-order valence-corrected chi connectivity index (χ1v) is 16.8. The summed E-state index contributed by atoms with van der Waals surface area (Å²) in [4.78, 5) is 2.35. The van der Waals surface area contributed by atoms with Crippen LogP contribution in [0, 0.1) is 0 Å². The number of nitrogens with zero attached hydrogens (tertiary/aromatic N) is 1. The molecule has 1 nitrogen and oxygen atoms in total. The van der Waals surface area contributed by atoms with E-state index in [2.05, 4.69) is 205 Å². The first kappa shape index (κ1) is 28.8. The van der Waals surface area contributed by atoms with E-state index in [1.54, 1.807) is 0 Å². The summed E-state index contributed by atoms with van der Waals surface area (Å²) >= 11 is 0. The molecule has 0 radical (unpaired) electrons. The molecule has 0 aliphatic heterocycles. The van der Waals surface area contributed by atoms with Crippen molar-refractivity contribution in [1.82, 2.24) is 0 Å². The van der Waals surface area contributed by atoms with Crippen LogP contribution in [0.3, 0.4) is 0 Å². The zero-order chi connectivity index (χ0) is 32.6. The van der Waals surface area contributed by atoms with E-state index in [1.807, 2.05) is 0 Å². The van der Waals surface area contributed by atoms with Crippen LogP contribution in [0.5, 0.6) is 0 Å². The standard InChI is InChI=1S/C48H33N/c1-3-13-34(14-4-1)37-17-11-18-38(31-37)35-25-28-42(29-26-35)49(41-20-5-2-6-21-41)43-22-12-19-39(32-43)47-33-40-16-8-10-24-45(40)48-44-23-9-7-15-36(44)27-30-46(47)48/h1-33H. The van der Waals surface area contributed by atoms with Crippen LogP contribution in [0.2, 0.25) is 0 Å². The zero-order valence-corrected chi connectivity index (χ0v) is 27.0. The normalized spacial score (nSPS) is 11.3. The van der Waals surface area contributed by atoms with Gasteiger partial charge in [-0.2, -0.15) is 0 Å². The molecule has 0 aliphatic carbocycles. The Hall–Kier alpha value is -6.44. The molecule has 0 amide bonds. The van der Waals surface area contributed by atoms with E-state index in [0.717, 1.165) is 17.1 Å². The Morgan fingerprint density at radius 2 is 0.796 bits per heavy atom. The summed E-state index contributed by atoms with van der Waals surface area (Å²) < 4.78 is 0. The van der Waals surface area contributed by atoms with Gasteiger partial charge in [0.2, 0.25) is 0 Å². The largest absolute Gasteiger partial charge is 0.310 e. The van der Waals surface area contributed by atoms with E-state index < -0.39 is 0 Å². The Bertz CT molecular complexity index is 2570. The predicted molar refractivity (Wildman–Crippen MR) is 210 cm³/mol. The molecular formula is C48H33N. The van der Waals surface area contributed by atoms with E-state index in [9.17, 15) is 0 Å². The molecule has 1 heteroatoms. The first-order chi connectivity index (χ1) is 24.3. The average Bonchev–Trinajstić information content (AvgIpc) is 3.18. The molecule has 0 saturated heterocycles. The van der Waals surface area contributed by atoms with E-state index in [0.29, 0.717) is 0 Å². The van der Waals surface area contributed by atoms with Gasteiger partial charge in [-0.1, -0.05) is 152 Å². The van der Waals surface area contributed by atoms with Gasteiger partial charge in [0.05, 0.1) is 0 Å². The third-order valence-electron chi connectivity index (χ3n) is 9.61. The number of hydrogen-bond acceptors (Lipinski definition) is 1. The minimum atomic E-state index is 1.11. The fourth-order valence-electron chi connectivity index (χ4n) is 7.26. The average molecular weight is 624 g/mol. The Morgan fingerprint density at radius 1 is 0.265 bits per heavy atom. The lowest BCUT2D eigenvalue weighted by Crippen LogP contribution is -2.09. The number of fused-ring (bicyclic) bond motifs is 5. The fraction of sp³-hybridized carbons (Fsp3) is 0. The zero-order valence-electron chi connectivity index (χ0n) is 27.0. The minimum Gasteiger partial charge on any atom is -0.310 e. The van der Waals surface area contributed by atoms with Crippen molar-refractivity contribution in [3.05, 3.63) is 200 Å². The highest BCUT2D eigenvalue weighted by atomic mass is 15.1. The fourth-order valence-corrected chi connectivity index (χ4v) is 7.26. The third-order valence-corrected chi connectivity index (χ3v) is 9.61. The lowest BCUT2D eigenvalue weighted by Gasteiger charge is -2.26. The molecule has 0 unspecified atom stereocenters. The Kier molecular flexibility index (Phi) is 7.22. The summed E-state index contributed by atoms with van der Waals surface area (Å²) in [6, 6.07) is 72.4. The van der Waals surface area contributed by atoms with E-state index in [4.69, 9.17) is 0 Å². The summed E-state index contributed by atoms with van der Waals surface area (Å²) in [5, 5.41) is 7.66. The summed E-state index contributed by atoms with van der Waals surface area (Å²) in [5.41, 5.74) is 10.6. The SMILES string of the molecule is c1ccc(-c2cccc(-c3ccc(N(c4ccccc4)c4cccc(-c5cc6ccccc6c6c5ccc5ccccc56)c4)cc3)c2)cc1. The predicted octanol–water partition coefficient (Wildman–Crippen LogP) is 13.6. The molecule has 0 fully saturated rings. The van der Waals surface area contributed by atoms with Crippen molar-refractivity contribution in [1.29, 1.82) is 0 Å². The Morgan fingerprint density at radius 3 is 1.55 bits per heavy atom. The molecule has 0 aromatic heterocycles. The molecule has 0 aliphatic rings. The van der Waals surface area contributed by atoms with Crippen LogP contribution in [0.25, 0.3) is 65.7 Å². The second-order valence-corrected chi connectivity index (χ2v) is 12.6. The molecule has 0 heterocycles. The molecule has 9 aromatic carbocycles. The molecule has 9 rings (SSSR count). The number of para-hydroxylation sites is 1. The molecule has 0 saturated carbocycles. The van der Waals surface area contributed by atoms with Crippen molar-refractivity contribution < 1.29 is 0 Å². The van der Waals surface area contributed by atoms with Crippen molar-refractivity contribution in [2.24, 2.45) is 0 Å². The molecule has 49 heavy (non-hydrogen) atoms. The van der Waals surface area contributed by atoms with Crippen LogP contribution < -0.4 is 4.90 Å². The van der Waals surface area contributed by atoms with E-state index >= 15 is 0 Å². The highest BCUT2D eigenvalue weighted by Gasteiger charge is 2.16. The number of rotatable bonds is 6. The van der Waals surface area contributed by atoms with Gasteiger partial charge >= 0.3 is 0 Å². The van der Waals surface area contributed by atoms with E-state index in [-0.39, 0.29) is 0 Å². The van der Waals surface area contributed by atoms with Crippen molar-refractivity contribution in [2.45, 2.75) is 0 Å². The molecular weight excluding hydrogens is 591 g/mol. The third kappa shape index (κ3) is 5.32. The van der Waals surface area contributed by atoms with Gasteiger partial charge in [0.25, 0.3) is 0 Å². The van der Waals surface area contributed by atoms with Crippen LogP contribution in [0.15, 0.2) is 200 Å². The van der Waals surface area contributed by atoms with Gasteiger partial charge in [0.1, 0.15) is 0 Å². The summed E-state index contributed by atoms with van der Waals surface area (Å²) in [6.45, 7) is 0. The second kappa shape index (κ2) is 12.3. The maximum atomic E-state index is 2.36. The van der Waals surface area contributed by atoms with Gasteiger partial charge in [0, 0.05) is 17.1 Å². The molecule has 0 N–H and O–H groups in total. The molecule has 230 valence electrons. The highest BCUT2D eigenvalue weighted by molar-refractivity contribution is 6.24. The summed E-state index contributed by atoms with van der Waals surface area (Å²) in [6.07, 6.45) is 0. The van der Waals surface area contributed by atoms with Crippen molar-refractivity contribution in [3.63, 3.8) is 0 Å². The molecule has 0 atom stereocenters. The van der Waals surface area contributed by atoms with Crippen LogP contribution in [-0.2, 0) is 0 Å². The van der Waals surface area contributed by atoms with Crippen LogP contribution in [0.1, 0.15) is 0 Å². The quantitative estimate of drug-likeness (QED) is 0.167. The summed E-state index contributed by atoms with van der Waals surface area (Å²) in [7, 11) is 0. The monoisotopic (exact) mass is 623 g/mol. The smallest absolute Gasteiger partial charge is 0.0467 e. The van der Waals surface area contributed by atoms with Gasteiger partial charge in [0.15, 0.2) is 0 Å². The van der Waals surface area contributed by atoms with Crippen molar-refractivity contribution in [3.8, 4) is 33.4 Å². The summed E-state index contributed by atoms with van der Waals surface area (Å²) in [5.74, 6) is 0. The second-order valence-electron chi connectivity index (χ2n) is 12.6. The Labute approximate surface area is 287 Å². The van der Waals surface area contributed by atoms with Gasteiger partial charge in [-0.15, -0.1) is 0 Å². The maximum Gasteiger partial charge on any atom is 0.0467 e. The van der Waals surface area contributed by atoms with Gasteiger partial charge in [-0.25, -0.2) is 0 Å². The van der Waals surface area contributed by atoms with Crippen LogP contribution >= 0.6 is 0 Å². The minimum absolute atomic E-state index is 1.11. The lowest BCUT2D eigenvalue weighted by atomic mass is 9.90. The topological polar surface area (TPSA) is 3.24 Å². The van der Waals surface area contributed by atoms with Gasteiger partial charge in [-0.3, -0.25) is 0 Å². The molecule has 0 spiro atoms. The first-order valence-electron chi connectivity index (χ1n) is 16.8. The van der Waals surface area contributed by atoms with E-state index in [1.165, 1.54) is 65.7 Å². The number of benzene rings is 9. The van der Waals surface area contributed by atoms with Gasteiger partial charge < -0.3 is 4.90 Å². The number of hydrogen-bond donors (Lipinski definition) is 0. The maximum absolute atomic E-state index is 2.36. The van der Waals surface area contributed by atoms with Crippen molar-refractivity contribution in [2.75, 3.05) is 4.90 Å². The molecule has 0 bridgehead atoms. The highest BCUT2D eigenvalue weighted by Crippen LogP contribution is 2.42. The van der Waals surface area contributed by atoms with Crippen LogP contribution in [-0.4, -0.2) is 0 Å². The number of anilines is 3. The Balaban J connectivity index is 1.16. The van der Waals surface area contributed by atoms with Gasteiger partial charge in [-0.05, 0) is 114 Å². The lowest BCUT2D eigenvalue weighted by molar-refractivity contribution is 1.28.